The molecule has 0 aliphatic carbocycles. The van der Waals surface area contributed by atoms with Gasteiger partial charge < -0.3 is 4.90 Å². The summed E-state index contributed by atoms with van der Waals surface area (Å²) in [6.45, 7) is 7.94. The summed E-state index contributed by atoms with van der Waals surface area (Å²) >= 11 is 0. The average Bonchev–Trinajstić information content (AvgIpc) is 2.92. The van der Waals surface area contributed by atoms with Crippen LogP contribution in [0.4, 0.5) is 5.69 Å². The van der Waals surface area contributed by atoms with Gasteiger partial charge in [0.1, 0.15) is 5.84 Å². The number of rotatable bonds is 3. The van der Waals surface area contributed by atoms with E-state index in [1.54, 1.807) is 0 Å². The molecule has 1 saturated heterocycles. The Morgan fingerprint density at radius 1 is 1.33 bits per heavy atom. The molecule has 3 nitrogen and oxygen atoms in total. The van der Waals surface area contributed by atoms with Gasteiger partial charge in [0.15, 0.2) is 0 Å². The lowest BCUT2D eigenvalue weighted by molar-refractivity contribution is 0.338. The van der Waals surface area contributed by atoms with Crippen LogP contribution in [-0.4, -0.2) is 16.8 Å². The molecule has 2 heterocycles. The van der Waals surface area contributed by atoms with Gasteiger partial charge in [-0.05, 0) is 30.9 Å². The fourth-order valence-electron chi connectivity index (χ4n) is 2.69. The molecule has 2 aliphatic heterocycles. The quantitative estimate of drug-likeness (QED) is 0.808. The van der Waals surface area contributed by atoms with Crippen LogP contribution in [0, 0.1) is 12.6 Å². The smallest absolute Gasteiger partial charge is 0.233 e. The van der Waals surface area contributed by atoms with Crippen molar-refractivity contribution in [3.05, 3.63) is 37.0 Å². The lowest BCUT2D eigenvalue weighted by Crippen LogP contribution is -2.31. The van der Waals surface area contributed by atoms with E-state index in [0.717, 1.165) is 18.0 Å². The van der Waals surface area contributed by atoms with Gasteiger partial charge in [0.05, 0.1) is 5.69 Å². The molecule has 1 aromatic carbocycles. The lowest BCUT2D eigenvalue weighted by atomic mass is 10.0. The third kappa shape index (κ3) is 2.09. The molecule has 0 amide bonds. The maximum atomic E-state index is 4.64. The Kier molecular flexibility index (Phi) is 2.98. The van der Waals surface area contributed by atoms with Gasteiger partial charge in [-0.1, -0.05) is 32.0 Å². The largest absolute Gasteiger partial charge is 0.323 e. The van der Waals surface area contributed by atoms with E-state index in [4.69, 9.17) is 0 Å². The fourth-order valence-corrected chi connectivity index (χ4v) is 2.69. The van der Waals surface area contributed by atoms with Crippen LogP contribution in [0.3, 0.4) is 0 Å². The minimum absolute atomic E-state index is 0.581. The van der Waals surface area contributed by atoms with Crippen LogP contribution < -0.4 is 5.01 Å². The van der Waals surface area contributed by atoms with Gasteiger partial charge in [-0.3, -0.25) is 0 Å². The van der Waals surface area contributed by atoms with Gasteiger partial charge in [0.25, 0.3) is 0 Å². The number of hydrogen-bond acceptors (Lipinski definition) is 3. The second kappa shape index (κ2) is 4.63. The molecule has 0 bridgehead atoms. The topological polar surface area (TPSA) is 18.8 Å². The number of hydrazone groups is 1. The molecular weight excluding hydrogens is 222 g/mol. The van der Waals surface area contributed by atoms with Crippen molar-refractivity contribution >= 4 is 11.5 Å². The maximum absolute atomic E-state index is 4.64. The molecule has 1 atom stereocenters. The van der Waals surface area contributed by atoms with E-state index in [-0.39, 0.29) is 0 Å². The van der Waals surface area contributed by atoms with E-state index < -0.39 is 0 Å². The first-order valence-electron chi connectivity index (χ1n) is 6.72. The predicted molar refractivity (Wildman–Crippen MR) is 73.9 cm³/mol. The summed E-state index contributed by atoms with van der Waals surface area (Å²) < 4.78 is 0. The van der Waals surface area contributed by atoms with E-state index in [2.05, 4.69) is 42.7 Å². The molecule has 3 rings (SSSR count). The first-order chi connectivity index (χ1) is 8.74. The van der Waals surface area contributed by atoms with Crippen LogP contribution >= 0.6 is 0 Å². The van der Waals surface area contributed by atoms with Crippen molar-refractivity contribution in [2.24, 2.45) is 11.0 Å². The Bertz CT molecular complexity index is 438. The number of amidine groups is 1. The highest BCUT2D eigenvalue weighted by atomic mass is 15.6. The standard InChI is InChI=1S/C15H19N3/c1-12(2)10-14-8-9-15-16-18(11-17(14)15)13-6-4-3-5-7-13/h3-7,12,14H,8-10H2,1-2H3/t14-/m1/s1. The SMILES string of the molecule is CC(C)C[C@H]1CCC2=NN(c3ccccc3)[C]N21. The molecule has 0 aromatic heterocycles. The van der Waals surface area contributed by atoms with Gasteiger partial charge in [0.2, 0.25) is 6.67 Å². The first kappa shape index (κ1) is 11.6. The highest BCUT2D eigenvalue weighted by Crippen LogP contribution is 2.33. The zero-order valence-electron chi connectivity index (χ0n) is 11.0. The van der Waals surface area contributed by atoms with Crippen LogP contribution in [0.2, 0.25) is 0 Å². The molecule has 94 valence electrons. The molecule has 1 aromatic rings. The number of para-hydroxylation sites is 1. The zero-order chi connectivity index (χ0) is 12.5. The Morgan fingerprint density at radius 2 is 2.11 bits per heavy atom. The summed E-state index contributed by atoms with van der Waals surface area (Å²) in [5.41, 5.74) is 1.09. The molecular formula is C15H19N3. The summed E-state index contributed by atoms with van der Waals surface area (Å²) in [6.07, 6.45) is 3.51. The summed E-state index contributed by atoms with van der Waals surface area (Å²) in [4.78, 5) is 2.24. The number of anilines is 1. The van der Waals surface area contributed by atoms with Crippen molar-refractivity contribution in [2.45, 2.75) is 39.2 Å². The minimum atomic E-state index is 0.581. The van der Waals surface area contributed by atoms with E-state index in [9.17, 15) is 0 Å². The van der Waals surface area contributed by atoms with Gasteiger partial charge in [-0.2, -0.15) is 5.10 Å². The Balaban J connectivity index is 1.73. The molecule has 18 heavy (non-hydrogen) atoms. The first-order valence-corrected chi connectivity index (χ1v) is 6.72. The monoisotopic (exact) mass is 241 g/mol. The molecule has 3 heteroatoms. The predicted octanol–water partition coefficient (Wildman–Crippen LogP) is 3.33. The summed E-state index contributed by atoms with van der Waals surface area (Å²) in [5.74, 6) is 1.89. The van der Waals surface area contributed by atoms with Crippen LogP contribution in [0.25, 0.3) is 0 Å². The third-order valence-corrected chi connectivity index (χ3v) is 3.51. The van der Waals surface area contributed by atoms with Crippen molar-refractivity contribution in [3.8, 4) is 0 Å². The molecule has 2 radical (unpaired) electrons. The van der Waals surface area contributed by atoms with Gasteiger partial charge in [-0.15, -0.1) is 0 Å². The van der Waals surface area contributed by atoms with Gasteiger partial charge >= 0.3 is 0 Å². The summed E-state index contributed by atoms with van der Waals surface area (Å²) in [6, 6.07) is 10.8. The number of nitrogens with zero attached hydrogens (tertiary/aromatic N) is 3. The molecule has 0 spiro atoms. The third-order valence-electron chi connectivity index (χ3n) is 3.51. The van der Waals surface area contributed by atoms with E-state index in [1.807, 2.05) is 23.2 Å². The average molecular weight is 241 g/mol. The zero-order valence-corrected chi connectivity index (χ0v) is 11.0. The molecule has 1 fully saturated rings. The normalized spacial score (nSPS) is 22.6. The fraction of sp³-hybridized carbons (Fsp3) is 0.467. The Labute approximate surface area is 109 Å². The summed E-state index contributed by atoms with van der Waals surface area (Å²) in [7, 11) is 0. The van der Waals surface area contributed by atoms with E-state index in [1.165, 1.54) is 18.7 Å². The second-order valence-electron chi connectivity index (χ2n) is 5.46. The maximum Gasteiger partial charge on any atom is 0.233 e. The van der Waals surface area contributed by atoms with Gasteiger partial charge in [-0.25, -0.2) is 5.01 Å². The number of benzene rings is 1. The van der Waals surface area contributed by atoms with E-state index in [0.29, 0.717) is 6.04 Å². The summed E-state index contributed by atoms with van der Waals surface area (Å²) in [5, 5.41) is 6.52. The highest BCUT2D eigenvalue weighted by molar-refractivity contribution is 5.88. The minimum Gasteiger partial charge on any atom is -0.323 e. The van der Waals surface area contributed by atoms with Gasteiger partial charge in [0, 0.05) is 12.5 Å². The molecule has 0 unspecified atom stereocenters. The lowest BCUT2D eigenvalue weighted by Gasteiger charge is -2.24. The Morgan fingerprint density at radius 3 is 2.83 bits per heavy atom. The van der Waals surface area contributed by atoms with Crippen molar-refractivity contribution in [1.29, 1.82) is 0 Å². The van der Waals surface area contributed by atoms with Crippen molar-refractivity contribution in [1.82, 2.24) is 4.90 Å². The van der Waals surface area contributed by atoms with Crippen LogP contribution in [0.1, 0.15) is 33.1 Å². The molecule has 2 aliphatic rings. The number of hydrogen-bond donors (Lipinski definition) is 0. The van der Waals surface area contributed by atoms with Crippen LogP contribution in [0.5, 0.6) is 0 Å². The van der Waals surface area contributed by atoms with Crippen molar-refractivity contribution < 1.29 is 0 Å². The van der Waals surface area contributed by atoms with E-state index >= 15 is 0 Å². The van der Waals surface area contributed by atoms with Crippen LogP contribution in [0.15, 0.2) is 35.4 Å². The number of fused-ring (bicyclic) bond motifs is 1. The van der Waals surface area contributed by atoms with Crippen molar-refractivity contribution in [3.63, 3.8) is 0 Å². The van der Waals surface area contributed by atoms with Crippen LogP contribution in [-0.2, 0) is 0 Å². The van der Waals surface area contributed by atoms with Crippen molar-refractivity contribution in [2.75, 3.05) is 5.01 Å². The molecule has 0 N–H and O–H groups in total. The second-order valence-corrected chi connectivity index (χ2v) is 5.46. The highest BCUT2D eigenvalue weighted by Gasteiger charge is 2.36. The molecule has 0 saturated carbocycles. The Hall–Kier alpha value is -1.51.